The number of nitrogens with one attached hydrogen (secondary N) is 2. The summed E-state index contributed by atoms with van der Waals surface area (Å²) in [5.74, 6) is -0.494. The zero-order valence-electron chi connectivity index (χ0n) is 8.13. The molecule has 0 radical (unpaired) electrons. The minimum atomic E-state index is -0.494. The minimum Gasteiger partial charge on any atom is -0.395 e. The molecule has 1 heterocycles. The van der Waals surface area contributed by atoms with Gasteiger partial charge in [-0.3, -0.25) is 9.59 Å². The molecule has 0 atom stereocenters. The Kier molecular flexibility index (Phi) is 4.05. The molecule has 0 aliphatic heterocycles. The third-order valence-corrected chi connectivity index (χ3v) is 2.64. The van der Waals surface area contributed by atoms with Crippen LogP contribution in [-0.4, -0.2) is 29.1 Å². The predicted molar refractivity (Wildman–Crippen MR) is 58.9 cm³/mol. The van der Waals surface area contributed by atoms with Gasteiger partial charge >= 0.3 is 0 Å². The van der Waals surface area contributed by atoms with Crippen LogP contribution in [0.3, 0.4) is 0 Å². The van der Waals surface area contributed by atoms with Crippen molar-refractivity contribution in [2.24, 2.45) is 0 Å². The number of aliphatic hydroxyl groups excluding tert-OH is 1. The van der Waals surface area contributed by atoms with Crippen LogP contribution in [-0.2, 0) is 0 Å². The molecule has 0 aliphatic rings. The molecule has 0 aromatic carbocycles. The van der Waals surface area contributed by atoms with Crippen molar-refractivity contribution in [3.63, 3.8) is 0 Å². The number of hydrogen-bond donors (Lipinski definition) is 3. The second-order valence-electron chi connectivity index (χ2n) is 2.96. The van der Waals surface area contributed by atoms with Crippen LogP contribution in [0.5, 0.6) is 0 Å². The van der Waals surface area contributed by atoms with Crippen LogP contribution in [0.25, 0.3) is 0 Å². The van der Waals surface area contributed by atoms with E-state index in [0.717, 1.165) is 0 Å². The van der Waals surface area contributed by atoms with Gasteiger partial charge in [0.15, 0.2) is 0 Å². The van der Waals surface area contributed by atoms with Crippen molar-refractivity contribution in [2.75, 3.05) is 13.2 Å². The predicted octanol–water partition coefficient (Wildman–Crippen LogP) is 0.168. The summed E-state index contributed by atoms with van der Waals surface area (Å²) < 4.78 is 0.663. The van der Waals surface area contributed by atoms with E-state index < -0.39 is 11.5 Å². The summed E-state index contributed by atoms with van der Waals surface area (Å²) in [7, 11) is 0. The van der Waals surface area contributed by atoms with Crippen LogP contribution in [0.15, 0.2) is 15.3 Å². The quantitative estimate of drug-likeness (QED) is 0.735. The SMILES string of the molecule is Cc1[nH]c(=O)c(C(=O)NCCO)cc1Br. The summed E-state index contributed by atoms with van der Waals surface area (Å²) in [6.45, 7) is 1.70. The maximum Gasteiger partial charge on any atom is 0.261 e. The van der Waals surface area contributed by atoms with Gasteiger partial charge in [0.2, 0.25) is 0 Å². The van der Waals surface area contributed by atoms with Crippen LogP contribution < -0.4 is 10.9 Å². The number of hydrogen-bond acceptors (Lipinski definition) is 3. The average Bonchev–Trinajstić information content (AvgIpc) is 2.20. The molecule has 1 aromatic heterocycles. The molecule has 82 valence electrons. The fourth-order valence-corrected chi connectivity index (χ4v) is 1.36. The topological polar surface area (TPSA) is 82.2 Å². The van der Waals surface area contributed by atoms with E-state index in [-0.39, 0.29) is 18.7 Å². The highest BCUT2D eigenvalue weighted by atomic mass is 79.9. The van der Waals surface area contributed by atoms with Crippen molar-refractivity contribution >= 4 is 21.8 Å². The largest absolute Gasteiger partial charge is 0.395 e. The number of aryl methyl sites for hydroxylation is 1. The third kappa shape index (κ3) is 2.90. The lowest BCUT2D eigenvalue weighted by Crippen LogP contribution is -2.31. The molecular weight excluding hydrogens is 264 g/mol. The van der Waals surface area contributed by atoms with Crippen molar-refractivity contribution in [1.29, 1.82) is 0 Å². The van der Waals surface area contributed by atoms with Crippen molar-refractivity contribution in [3.05, 3.63) is 32.2 Å². The van der Waals surface area contributed by atoms with Gasteiger partial charge in [0, 0.05) is 16.7 Å². The van der Waals surface area contributed by atoms with Gasteiger partial charge in [-0.25, -0.2) is 0 Å². The van der Waals surface area contributed by atoms with Gasteiger partial charge in [-0.2, -0.15) is 0 Å². The molecule has 0 aliphatic carbocycles. The summed E-state index contributed by atoms with van der Waals surface area (Å²) in [5.41, 5.74) is 0.255. The van der Waals surface area contributed by atoms with Crippen molar-refractivity contribution < 1.29 is 9.90 Å². The Hall–Kier alpha value is -1.14. The smallest absolute Gasteiger partial charge is 0.261 e. The van der Waals surface area contributed by atoms with E-state index in [1.807, 2.05) is 0 Å². The Morgan fingerprint density at radius 1 is 1.67 bits per heavy atom. The number of aliphatic hydroxyl groups is 1. The van der Waals surface area contributed by atoms with Crippen LogP contribution in [0.4, 0.5) is 0 Å². The van der Waals surface area contributed by atoms with E-state index in [9.17, 15) is 9.59 Å². The van der Waals surface area contributed by atoms with Crippen LogP contribution in [0.2, 0.25) is 0 Å². The molecule has 15 heavy (non-hydrogen) atoms. The molecule has 1 aromatic rings. The molecule has 1 amide bonds. The first-order valence-corrected chi connectivity index (χ1v) is 5.14. The van der Waals surface area contributed by atoms with E-state index >= 15 is 0 Å². The Bertz CT molecular complexity index is 428. The number of H-pyrrole nitrogens is 1. The number of aromatic nitrogens is 1. The van der Waals surface area contributed by atoms with Gasteiger partial charge < -0.3 is 15.4 Å². The van der Waals surface area contributed by atoms with E-state index in [2.05, 4.69) is 26.2 Å². The Balaban J connectivity index is 2.99. The highest BCUT2D eigenvalue weighted by molar-refractivity contribution is 9.10. The Morgan fingerprint density at radius 3 is 2.93 bits per heavy atom. The van der Waals surface area contributed by atoms with Gasteiger partial charge in [-0.05, 0) is 28.9 Å². The maximum absolute atomic E-state index is 11.4. The van der Waals surface area contributed by atoms with Crippen molar-refractivity contribution in [2.45, 2.75) is 6.92 Å². The van der Waals surface area contributed by atoms with Gasteiger partial charge in [-0.15, -0.1) is 0 Å². The van der Waals surface area contributed by atoms with Crippen molar-refractivity contribution in [3.8, 4) is 0 Å². The Morgan fingerprint density at radius 2 is 2.33 bits per heavy atom. The van der Waals surface area contributed by atoms with Crippen LogP contribution >= 0.6 is 15.9 Å². The van der Waals surface area contributed by atoms with E-state index in [1.165, 1.54) is 6.07 Å². The van der Waals surface area contributed by atoms with Gasteiger partial charge in [0.05, 0.1) is 6.61 Å². The molecule has 0 saturated heterocycles. The number of amides is 1. The molecule has 0 saturated carbocycles. The number of carbonyl (C=O) groups is 1. The zero-order valence-corrected chi connectivity index (χ0v) is 9.72. The molecule has 6 heteroatoms. The number of pyridine rings is 1. The summed E-state index contributed by atoms with van der Waals surface area (Å²) >= 11 is 3.22. The molecule has 5 nitrogen and oxygen atoms in total. The second-order valence-corrected chi connectivity index (χ2v) is 3.82. The number of aromatic amines is 1. The van der Waals surface area contributed by atoms with E-state index in [0.29, 0.717) is 10.2 Å². The zero-order chi connectivity index (χ0) is 11.4. The minimum absolute atomic E-state index is 0.0286. The number of halogens is 1. The lowest BCUT2D eigenvalue weighted by atomic mass is 10.2. The molecule has 0 bridgehead atoms. The highest BCUT2D eigenvalue weighted by Gasteiger charge is 2.11. The van der Waals surface area contributed by atoms with Gasteiger partial charge in [0.1, 0.15) is 5.56 Å². The van der Waals surface area contributed by atoms with Crippen molar-refractivity contribution in [1.82, 2.24) is 10.3 Å². The van der Waals surface area contributed by atoms with Crippen LogP contribution in [0, 0.1) is 6.92 Å². The molecular formula is C9H11BrN2O3. The van der Waals surface area contributed by atoms with Gasteiger partial charge in [-0.1, -0.05) is 0 Å². The second kappa shape index (κ2) is 5.09. The highest BCUT2D eigenvalue weighted by Crippen LogP contribution is 2.12. The van der Waals surface area contributed by atoms with E-state index in [1.54, 1.807) is 6.92 Å². The number of rotatable bonds is 3. The first kappa shape index (κ1) is 11.9. The molecule has 0 spiro atoms. The molecule has 0 unspecified atom stereocenters. The number of carbonyl (C=O) groups excluding carboxylic acids is 1. The normalized spacial score (nSPS) is 10.1. The summed E-state index contributed by atoms with van der Waals surface area (Å²) in [6, 6.07) is 1.46. The first-order chi connectivity index (χ1) is 7.06. The first-order valence-electron chi connectivity index (χ1n) is 4.34. The fraction of sp³-hybridized carbons (Fsp3) is 0.333. The summed E-state index contributed by atoms with van der Waals surface area (Å²) in [4.78, 5) is 25.4. The Labute approximate surface area is 94.6 Å². The maximum atomic E-state index is 11.4. The van der Waals surface area contributed by atoms with Crippen LogP contribution in [0.1, 0.15) is 16.1 Å². The van der Waals surface area contributed by atoms with E-state index in [4.69, 9.17) is 5.11 Å². The summed E-state index contributed by atoms with van der Waals surface area (Å²) in [5, 5.41) is 10.9. The standard InChI is InChI=1S/C9H11BrN2O3/c1-5-7(10)4-6(9(15)12-5)8(14)11-2-3-13/h4,13H,2-3H2,1H3,(H,11,14)(H,12,15). The molecule has 0 fully saturated rings. The third-order valence-electron chi connectivity index (χ3n) is 1.82. The summed E-state index contributed by atoms with van der Waals surface area (Å²) in [6.07, 6.45) is 0. The monoisotopic (exact) mass is 274 g/mol. The lowest BCUT2D eigenvalue weighted by Gasteiger charge is -2.04. The lowest BCUT2D eigenvalue weighted by molar-refractivity contribution is 0.0943. The fourth-order valence-electron chi connectivity index (χ4n) is 1.03. The van der Waals surface area contributed by atoms with Gasteiger partial charge in [0.25, 0.3) is 11.5 Å². The molecule has 1 rings (SSSR count). The average molecular weight is 275 g/mol. The molecule has 3 N–H and O–H groups in total.